The smallest absolute Gasteiger partial charge is 0.346 e. The first kappa shape index (κ1) is 32.9. The summed E-state index contributed by atoms with van der Waals surface area (Å²) in [4.78, 5) is 56.5. The largest absolute Gasteiger partial charge is 0.481 e. The van der Waals surface area contributed by atoms with Crippen molar-refractivity contribution in [3.05, 3.63) is 89.7 Å². The molecule has 3 aliphatic rings. The maximum Gasteiger partial charge on any atom is 0.346 e. The summed E-state index contributed by atoms with van der Waals surface area (Å²) < 4.78 is 38.3. The molecule has 2 aromatic carbocycles. The maximum absolute atomic E-state index is 15.6. The molecule has 2 saturated heterocycles. The van der Waals surface area contributed by atoms with E-state index >= 15 is 8.78 Å². The third kappa shape index (κ3) is 5.38. The molecule has 0 bridgehead atoms. The summed E-state index contributed by atoms with van der Waals surface area (Å²) in [7, 11) is 3.97. The minimum absolute atomic E-state index is 0.0517. The summed E-state index contributed by atoms with van der Waals surface area (Å²) >= 11 is 13.4. The number of benzene rings is 2. The third-order valence-corrected chi connectivity index (χ3v) is 10.3. The molecule has 1 spiro atoms. The van der Waals surface area contributed by atoms with E-state index in [0.717, 1.165) is 66.4 Å². The molecular weight excluding hydrogens is 683 g/mol. The van der Waals surface area contributed by atoms with Crippen LogP contribution in [0.2, 0.25) is 10.0 Å². The van der Waals surface area contributed by atoms with Gasteiger partial charge in [0.15, 0.2) is 0 Å². The number of methoxy groups -OCH3 is 1. The number of aromatic nitrogens is 4. The summed E-state index contributed by atoms with van der Waals surface area (Å²) in [6.45, 7) is 1.48. The topological polar surface area (TPSA) is 140 Å². The van der Waals surface area contributed by atoms with Gasteiger partial charge in [-0.15, -0.1) is 0 Å². The van der Waals surface area contributed by atoms with Crippen molar-refractivity contribution >= 4 is 40.7 Å². The van der Waals surface area contributed by atoms with E-state index in [1.807, 2.05) is 6.07 Å². The van der Waals surface area contributed by atoms with Crippen molar-refractivity contribution in [2.45, 2.75) is 37.3 Å². The van der Waals surface area contributed by atoms with Crippen molar-refractivity contribution in [2.24, 2.45) is 14.1 Å². The zero-order chi connectivity index (χ0) is 34.9. The number of fused-ring (bicyclic) bond motifs is 1. The van der Waals surface area contributed by atoms with Crippen LogP contribution in [-0.2, 0) is 25.3 Å². The highest BCUT2D eigenvalue weighted by Gasteiger charge is 2.51. The molecule has 0 saturated carbocycles. The summed E-state index contributed by atoms with van der Waals surface area (Å²) in [6, 6.07) is 6.58. The van der Waals surface area contributed by atoms with Crippen LogP contribution in [-0.4, -0.2) is 61.8 Å². The van der Waals surface area contributed by atoms with E-state index < -0.39 is 40.0 Å². The molecule has 254 valence electrons. The zero-order valence-corrected chi connectivity index (χ0v) is 28.0. The first-order chi connectivity index (χ1) is 23.3. The van der Waals surface area contributed by atoms with Gasteiger partial charge in [-0.25, -0.2) is 23.2 Å². The van der Waals surface area contributed by atoms with Crippen LogP contribution in [0.25, 0.3) is 22.4 Å². The first-order valence-electron chi connectivity index (χ1n) is 15.4. The van der Waals surface area contributed by atoms with Crippen molar-refractivity contribution < 1.29 is 23.1 Å². The number of hydrogen-bond donors (Lipinski definition) is 2. The van der Waals surface area contributed by atoms with Crippen LogP contribution in [0.4, 0.5) is 14.5 Å². The number of anilines is 1. The molecule has 2 amide bonds. The van der Waals surface area contributed by atoms with Gasteiger partial charge in [-0.05, 0) is 55.2 Å². The second kappa shape index (κ2) is 12.0. The van der Waals surface area contributed by atoms with Crippen LogP contribution in [0.15, 0.2) is 39.9 Å². The number of nitrogens with zero attached hydrogens (tertiary/aromatic N) is 5. The molecule has 4 heterocycles. The van der Waals surface area contributed by atoms with E-state index in [1.54, 1.807) is 0 Å². The van der Waals surface area contributed by atoms with Gasteiger partial charge >= 0.3 is 5.69 Å². The standard InChI is InChI=1S/C33H29Cl2F2N7O5/c1-42-31(47)28(41-43(2)32(42)48)29(46)38-19-8-7-18(37)25(27(19)35)24-17(36)6-5-16(26(24)34)20-12-15-4-9-21(23(15)30(39-20)49-3)44-13-33(14-44)11-10-22(45)40-33/h5-8,12,21H,4,9-11,13-14H2,1-3H3,(H,38,46)(H,40,45)/t21-/m0/s1. The Balaban J connectivity index is 1.23. The van der Waals surface area contributed by atoms with Crippen LogP contribution in [0, 0.1) is 11.6 Å². The van der Waals surface area contributed by atoms with Crippen molar-refractivity contribution in [2.75, 3.05) is 25.5 Å². The van der Waals surface area contributed by atoms with E-state index in [-0.39, 0.29) is 38.8 Å². The lowest BCUT2D eigenvalue weighted by molar-refractivity contribution is -0.121. The maximum atomic E-state index is 15.6. The Hall–Kier alpha value is -4.66. The Labute approximate surface area is 287 Å². The Kier molecular flexibility index (Phi) is 8.07. The van der Waals surface area contributed by atoms with Crippen LogP contribution in [0.1, 0.15) is 46.9 Å². The number of amides is 2. The fourth-order valence-electron chi connectivity index (χ4n) is 7.08. The molecule has 16 heteroatoms. The van der Waals surface area contributed by atoms with Gasteiger partial charge in [0, 0.05) is 61.9 Å². The number of carbonyl (C=O) groups excluding carboxylic acids is 2. The molecule has 1 aliphatic carbocycles. The van der Waals surface area contributed by atoms with E-state index in [9.17, 15) is 19.2 Å². The van der Waals surface area contributed by atoms with Gasteiger partial charge in [-0.3, -0.25) is 23.9 Å². The molecule has 2 aromatic heterocycles. The lowest BCUT2D eigenvalue weighted by Gasteiger charge is -2.50. The van der Waals surface area contributed by atoms with Crippen molar-refractivity contribution in [3.63, 3.8) is 0 Å². The molecule has 12 nitrogen and oxygen atoms in total. The number of likely N-dealkylation sites (tertiary alicyclic amines) is 1. The number of hydrogen-bond acceptors (Lipinski definition) is 8. The Bertz CT molecular complexity index is 2220. The molecule has 2 fully saturated rings. The normalized spacial score (nSPS) is 17.9. The van der Waals surface area contributed by atoms with Gasteiger partial charge in [-0.2, -0.15) is 5.10 Å². The third-order valence-electron chi connectivity index (χ3n) is 9.50. The number of nitrogens with one attached hydrogen (secondary N) is 2. The van der Waals surface area contributed by atoms with Crippen LogP contribution >= 0.6 is 23.2 Å². The fraction of sp³-hybridized carbons (Fsp3) is 0.333. The van der Waals surface area contributed by atoms with Gasteiger partial charge in [0.2, 0.25) is 17.5 Å². The highest BCUT2D eigenvalue weighted by molar-refractivity contribution is 6.39. The fourth-order valence-corrected chi connectivity index (χ4v) is 7.72. The molecule has 0 unspecified atom stereocenters. The molecule has 7 rings (SSSR count). The molecule has 4 aromatic rings. The molecule has 1 atom stereocenters. The first-order valence-corrected chi connectivity index (χ1v) is 16.1. The number of aryl methyl sites for hydroxylation is 2. The number of rotatable bonds is 6. The summed E-state index contributed by atoms with van der Waals surface area (Å²) in [5, 5.41) is 8.68. The summed E-state index contributed by atoms with van der Waals surface area (Å²) in [5.74, 6) is -2.37. The highest BCUT2D eigenvalue weighted by Crippen LogP contribution is 2.48. The van der Waals surface area contributed by atoms with Crippen molar-refractivity contribution in [1.82, 2.24) is 29.5 Å². The number of ether oxygens (including phenoxy) is 1. The Morgan fingerprint density at radius 2 is 1.73 bits per heavy atom. The van der Waals surface area contributed by atoms with Crippen molar-refractivity contribution in [3.8, 4) is 28.3 Å². The SMILES string of the molecule is COc1nc(-c2ccc(F)c(-c3c(F)ccc(NC(=O)c4nn(C)c(=O)n(C)c4=O)c3Cl)c2Cl)cc2c1[C@@H](N1CC3(CCC(=O)N3)C1)CC2. The van der Waals surface area contributed by atoms with E-state index in [4.69, 9.17) is 32.9 Å². The highest BCUT2D eigenvalue weighted by atomic mass is 35.5. The second-order valence-corrected chi connectivity index (χ2v) is 13.3. The van der Waals surface area contributed by atoms with Gasteiger partial charge in [-0.1, -0.05) is 23.2 Å². The zero-order valence-electron chi connectivity index (χ0n) is 26.5. The predicted octanol–water partition coefficient (Wildman–Crippen LogP) is 4.01. The van der Waals surface area contributed by atoms with Crippen LogP contribution < -0.4 is 26.6 Å². The van der Waals surface area contributed by atoms with E-state index in [2.05, 4.69) is 20.6 Å². The number of halogens is 4. The van der Waals surface area contributed by atoms with E-state index in [0.29, 0.717) is 28.1 Å². The minimum Gasteiger partial charge on any atom is -0.481 e. The Morgan fingerprint density at radius 3 is 2.41 bits per heavy atom. The van der Waals surface area contributed by atoms with Gasteiger partial charge < -0.3 is 15.4 Å². The van der Waals surface area contributed by atoms with Gasteiger partial charge in [0.25, 0.3) is 11.5 Å². The summed E-state index contributed by atoms with van der Waals surface area (Å²) in [6.07, 6.45) is 2.90. The van der Waals surface area contributed by atoms with Gasteiger partial charge in [0.1, 0.15) is 11.6 Å². The number of pyridine rings is 1. The average molecular weight is 713 g/mol. The molecule has 2 aliphatic heterocycles. The molecule has 0 radical (unpaired) electrons. The molecule has 49 heavy (non-hydrogen) atoms. The van der Waals surface area contributed by atoms with Crippen molar-refractivity contribution in [1.29, 1.82) is 0 Å². The minimum atomic E-state index is -1.02. The van der Waals surface area contributed by atoms with Crippen LogP contribution in [0.3, 0.4) is 0 Å². The monoisotopic (exact) mass is 711 g/mol. The van der Waals surface area contributed by atoms with Crippen LogP contribution in [0.5, 0.6) is 5.88 Å². The molecular formula is C33H29Cl2F2N7O5. The molecule has 2 N–H and O–H groups in total. The van der Waals surface area contributed by atoms with E-state index in [1.165, 1.54) is 27.3 Å². The Morgan fingerprint density at radius 1 is 1.04 bits per heavy atom. The lowest BCUT2D eigenvalue weighted by atomic mass is 9.86. The second-order valence-electron chi connectivity index (χ2n) is 12.5. The summed E-state index contributed by atoms with van der Waals surface area (Å²) in [5.41, 5.74) is -0.835. The average Bonchev–Trinajstić information content (AvgIpc) is 3.67. The predicted molar refractivity (Wildman–Crippen MR) is 177 cm³/mol. The lowest BCUT2D eigenvalue weighted by Crippen LogP contribution is -2.67. The quantitative estimate of drug-likeness (QED) is 0.306. The number of carbonyl (C=O) groups is 2. The van der Waals surface area contributed by atoms with Gasteiger partial charge in [0.05, 0.1) is 34.1 Å².